The summed E-state index contributed by atoms with van der Waals surface area (Å²) in [6.07, 6.45) is 0.486. The summed E-state index contributed by atoms with van der Waals surface area (Å²) in [5, 5.41) is 3.13. The van der Waals surface area contributed by atoms with E-state index in [4.69, 9.17) is 9.72 Å². The van der Waals surface area contributed by atoms with E-state index >= 15 is 0 Å². The minimum Gasteiger partial charge on any atom is -0.497 e. The van der Waals surface area contributed by atoms with Gasteiger partial charge in [0.2, 0.25) is 0 Å². The van der Waals surface area contributed by atoms with Gasteiger partial charge in [0.25, 0.3) is 5.56 Å². The maximum absolute atomic E-state index is 14.2. The van der Waals surface area contributed by atoms with E-state index in [1.165, 1.54) is 16.7 Å². The lowest BCUT2D eigenvalue weighted by molar-refractivity contribution is 0.185. The first-order chi connectivity index (χ1) is 17.0. The molecular formula is C27H27FN4O3. The second-order valence-electron chi connectivity index (χ2n) is 7.95. The highest BCUT2D eigenvalue weighted by Gasteiger charge is 2.28. The molecule has 4 aromatic rings. The van der Waals surface area contributed by atoms with Gasteiger partial charge in [0.05, 0.1) is 35.4 Å². The summed E-state index contributed by atoms with van der Waals surface area (Å²) in [6.45, 7) is 4.08. The van der Waals surface area contributed by atoms with Gasteiger partial charge in [-0.25, -0.2) is 14.2 Å². The van der Waals surface area contributed by atoms with Crippen molar-refractivity contribution in [3.63, 3.8) is 0 Å². The number of halogens is 1. The van der Waals surface area contributed by atoms with Crippen LogP contribution < -0.4 is 15.6 Å². The van der Waals surface area contributed by atoms with Crippen molar-refractivity contribution in [2.75, 3.05) is 19.0 Å². The molecule has 1 unspecified atom stereocenters. The van der Waals surface area contributed by atoms with Crippen molar-refractivity contribution in [3.05, 3.63) is 94.8 Å². The van der Waals surface area contributed by atoms with Crippen LogP contribution in [0.5, 0.6) is 5.75 Å². The van der Waals surface area contributed by atoms with Crippen LogP contribution in [0.2, 0.25) is 0 Å². The fraction of sp³-hybridized carbons (Fsp3) is 0.222. The summed E-state index contributed by atoms with van der Waals surface area (Å²) < 4.78 is 21.0. The van der Waals surface area contributed by atoms with Crippen LogP contribution in [0.3, 0.4) is 0 Å². The first-order valence-corrected chi connectivity index (χ1v) is 11.5. The van der Waals surface area contributed by atoms with E-state index in [1.54, 1.807) is 66.6 Å². The van der Waals surface area contributed by atoms with Crippen LogP contribution in [0.1, 0.15) is 32.1 Å². The number of rotatable bonds is 7. The number of ether oxygens (including phenoxy) is 1. The van der Waals surface area contributed by atoms with Gasteiger partial charge >= 0.3 is 6.03 Å². The molecule has 7 nitrogen and oxygen atoms in total. The molecule has 2 amide bonds. The van der Waals surface area contributed by atoms with Gasteiger partial charge in [-0.1, -0.05) is 31.2 Å². The van der Waals surface area contributed by atoms with E-state index in [0.717, 1.165) is 0 Å². The van der Waals surface area contributed by atoms with Crippen LogP contribution in [0.25, 0.3) is 16.6 Å². The number of carbonyl (C=O) groups excluding carboxylic acids is 1. The van der Waals surface area contributed by atoms with Gasteiger partial charge in [-0.3, -0.25) is 9.36 Å². The fourth-order valence-corrected chi connectivity index (χ4v) is 4.15. The summed E-state index contributed by atoms with van der Waals surface area (Å²) in [6, 6.07) is 19.2. The molecular weight excluding hydrogens is 447 g/mol. The van der Waals surface area contributed by atoms with Crippen molar-refractivity contribution in [2.24, 2.45) is 0 Å². The first-order valence-electron chi connectivity index (χ1n) is 11.5. The van der Waals surface area contributed by atoms with Crippen molar-refractivity contribution < 1.29 is 13.9 Å². The maximum atomic E-state index is 14.2. The molecule has 0 fully saturated rings. The molecule has 1 heterocycles. The van der Waals surface area contributed by atoms with E-state index in [2.05, 4.69) is 5.32 Å². The number of carbonyl (C=O) groups is 1. The number of benzene rings is 3. The minimum atomic E-state index is -0.550. The third kappa shape index (κ3) is 4.73. The Bertz CT molecular complexity index is 1400. The number of hydrogen-bond acceptors (Lipinski definition) is 4. The van der Waals surface area contributed by atoms with E-state index in [9.17, 15) is 14.0 Å². The van der Waals surface area contributed by atoms with Crippen LogP contribution in [-0.2, 0) is 0 Å². The monoisotopic (exact) mass is 474 g/mol. The van der Waals surface area contributed by atoms with Gasteiger partial charge in [-0.05, 0) is 61.9 Å². The van der Waals surface area contributed by atoms with E-state index in [1.807, 2.05) is 19.9 Å². The Hall–Kier alpha value is -4.20. The second-order valence-corrected chi connectivity index (χ2v) is 7.95. The molecule has 180 valence electrons. The molecule has 0 spiro atoms. The Morgan fingerprint density at radius 3 is 2.40 bits per heavy atom. The molecule has 1 aromatic heterocycles. The average molecular weight is 475 g/mol. The molecule has 0 radical (unpaired) electrons. The number of amides is 2. The van der Waals surface area contributed by atoms with E-state index < -0.39 is 17.9 Å². The van der Waals surface area contributed by atoms with Crippen LogP contribution in [0.15, 0.2) is 77.6 Å². The van der Waals surface area contributed by atoms with E-state index in [-0.39, 0.29) is 11.2 Å². The third-order valence-corrected chi connectivity index (χ3v) is 5.91. The largest absolute Gasteiger partial charge is 0.497 e. The van der Waals surface area contributed by atoms with Crippen LogP contribution in [0.4, 0.5) is 14.9 Å². The fourth-order valence-electron chi connectivity index (χ4n) is 4.15. The molecule has 0 bridgehead atoms. The molecule has 35 heavy (non-hydrogen) atoms. The predicted molar refractivity (Wildman–Crippen MR) is 135 cm³/mol. The summed E-state index contributed by atoms with van der Waals surface area (Å²) in [5.41, 5.74) is 0.999. The van der Waals surface area contributed by atoms with Gasteiger partial charge in [0.1, 0.15) is 17.4 Å². The highest BCUT2D eigenvalue weighted by molar-refractivity contribution is 5.89. The Balaban J connectivity index is 1.85. The summed E-state index contributed by atoms with van der Waals surface area (Å²) in [4.78, 5) is 33.3. The Morgan fingerprint density at radius 2 is 1.74 bits per heavy atom. The van der Waals surface area contributed by atoms with Crippen molar-refractivity contribution in [1.29, 1.82) is 0 Å². The van der Waals surface area contributed by atoms with Gasteiger partial charge in [-0.2, -0.15) is 0 Å². The molecule has 0 saturated heterocycles. The zero-order valence-corrected chi connectivity index (χ0v) is 19.9. The number of anilines is 1. The van der Waals surface area contributed by atoms with Gasteiger partial charge in [-0.15, -0.1) is 0 Å². The number of fused-ring (bicyclic) bond motifs is 1. The number of urea groups is 1. The summed E-state index contributed by atoms with van der Waals surface area (Å²) in [5.74, 6) is 0.555. The zero-order chi connectivity index (χ0) is 24.9. The van der Waals surface area contributed by atoms with Crippen molar-refractivity contribution >= 4 is 22.6 Å². The van der Waals surface area contributed by atoms with E-state index in [0.29, 0.717) is 41.1 Å². The third-order valence-electron chi connectivity index (χ3n) is 5.91. The number of nitrogens with one attached hydrogen (secondary N) is 1. The number of hydrogen-bond donors (Lipinski definition) is 1. The maximum Gasteiger partial charge on any atom is 0.322 e. The molecule has 0 saturated carbocycles. The smallest absolute Gasteiger partial charge is 0.322 e. The topological polar surface area (TPSA) is 76.5 Å². The molecule has 8 heteroatoms. The Labute approximate surface area is 202 Å². The predicted octanol–water partition coefficient (Wildman–Crippen LogP) is 5.54. The molecule has 1 N–H and O–H groups in total. The Kier molecular flexibility index (Phi) is 7.10. The molecule has 0 aliphatic rings. The molecule has 1 atom stereocenters. The van der Waals surface area contributed by atoms with Crippen molar-refractivity contribution in [2.45, 2.75) is 26.3 Å². The first kappa shape index (κ1) is 23.9. The highest BCUT2D eigenvalue weighted by Crippen LogP contribution is 2.27. The average Bonchev–Trinajstić information content (AvgIpc) is 2.88. The van der Waals surface area contributed by atoms with Crippen molar-refractivity contribution in [1.82, 2.24) is 14.5 Å². The van der Waals surface area contributed by atoms with Crippen LogP contribution in [-0.4, -0.2) is 34.1 Å². The summed E-state index contributed by atoms with van der Waals surface area (Å²) in [7, 11) is 1.57. The van der Waals surface area contributed by atoms with Crippen molar-refractivity contribution in [3.8, 4) is 11.4 Å². The van der Waals surface area contributed by atoms with Crippen LogP contribution in [0, 0.1) is 5.82 Å². The SMILES string of the molecule is CCC(c1nc2ccccc2c(=O)n1-c1ccc(OC)cc1)N(CC)C(=O)Nc1ccccc1F. The quantitative estimate of drug-likeness (QED) is 0.382. The lowest BCUT2D eigenvalue weighted by atomic mass is 10.1. The summed E-state index contributed by atoms with van der Waals surface area (Å²) >= 11 is 0. The van der Waals surface area contributed by atoms with Crippen LogP contribution >= 0.6 is 0 Å². The number of aromatic nitrogens is 2. The number of nitrogens with zero attached hydrogens (tertiary/aromatic N) is 3. The minimum absolute atomic E-state index is 0.0878. The second kappa shape index (κ2) is 10.4. The molecule has 0 aliphatic heterocycles. The molecule has 3 aromatic carbocycles. The van der Waals surface area contributed by atoms with Gasteiger partial charge < -0.3 is 15.0 Å². The lowest BCUT2D eigenvalue weighted by Crippen LogP contribution is -2.40. The highest BCUT2D eigenvalue weighted by atomic mass is 19.1. The normalized spacial score (nSPS) is 11.8. The zero-order valence-electron chi connectivity index (χ0n) is 19.9. The number of para-hydroxylation sites is 2. The molecule has 4 rings (SSSR count). The van der Waals surface area contributed by atoms with Gasteiger partial charge in [0, 0.05) is 6.54 Å². The Morgan fingerprint density at radius 1 is 1.06 bits per heavy atom. The molecule has 0 aliphatic carbocycles. The van der Waals surface area contributed by atoms with Gasteiger partial charge in [0.15, 0.2) is 0 Å². The lowest BCUT2D eigenvalue weighted by Gasteiger charge is -2.31. The standard InChI is InChI=1S/C27H27FN4O3/c1-4-24(31(5-2)27(34)30-23-13-9-7-11-21(23)28)25-29-22-12-8-6-10-20(22)26(33)32(25)18-14-16-19(35-3)17-15-18/h6-17,24H,4-5H2,1-3H3,(H,30,34). The number of methoxy groups -OCH3 is 1.